The van der Waals surface area contributed by atoms with Crippen LogP contribution in [-0.2, 0) is 4.74 Å². The second-order valence-electron chi connectivity index (χ2n) is 4.28. The number of hydrogen-bond acceptors (Lipinski definition) is 3. The molecule has 2 N–H and O–H groups in total. The summed E-state index contributed by atoms with van der Waals surface area (Å²) < 4.78 is 5.40. The maximum atomic E-state index is 10.6. The molecule has 0 aromatic rings. The first-order valence-electron chi connectivity index (χ1n) is 5.42. The number of methoxy groups -OCH3 is 1. The van der Waals surface area contributed by atoms with Gasteiger partial charge in [0.1, 0.15) is 5.60 Å². The van der Waals surface area contributed by atoms with E-state index in [1.807, 2.05) is 0 Å². The molecule has 0 aromatic heterocycles. The maximum Gasteiger partial charge on any atom is 0.109 e. The number of ether oxygens (including phenoxy) is 1. The van der Waals surface area contributed by atoms with E-state index in [0.29, 0.717) is 0 Å². The minimum atomic E-state index is -0.694. The van der Waals surface area contributed by atoms with Crippen LogP contribution in [0.5, 0.6) is 0 Å². The van der Waals surface area contributed by atoms with Gasteiger partial charge in [-0.15, -0.1) is 0 Å². The Kier molecular flexibility index (Phi) is 2.91. The van der Waals surface area contributed by atoms with Gasteiger partial charge in [-0.1, -0.05) is 25.0 Å². The molecule has 14 heavy (non-hydrogen) atoms. The lowest BCUT2D eigenvalue weighted by Gasteiger charge is -2.42. The lowest BCUT2D eigenvalue weighted by atomic mass is 9.77. The van der Waals surface area contributed by atoms with Crippen molar-refractivity contribution in [2.24, 2.45) is 0 Å². The third-order valence-corrected chi connectivity index (χ3v) is 3.46. The second kappa shape index (κ2) is 4.01. The monoisotopic (exact) mass is 197 g/mol. The largest absolute Gasteiger partial charge is 0.385 e. The molecular weight excluding hydrogens is 178 g/mol. The Hall–Kier alpha value is -0.380. The predicted molar refractivity (Wildman–Crippen MR) is 55.1 cm³/mol. The van der Waals surface area contributed by atoms with Gasteiger partial charge in [-0.3, -0.25) is 0 Å². The highest BCUT2D eigenvalue weighted by Crippen LogP contribution is 2.34. The van der Waals surface area contributed by atoms with Crippen molar-refractivity contribution in [2.45, 2.75) is 43.4 Å². The van der Waals surface area contributed by atoms with Crippen LogP contribution >= 0.6 is 0 Å². The van der Waals surface area contributed by atoms with Crippen LogP contribution in [0.1, 0.15) is 25.7 Å². The van der Waals surface area contributed by atoms with Gasteiger partial charge < -0.3 is 15.2 Å². The van der Waals surface area contributed by atoms with Gasteiger partial charge in [0, 0.05) is 13.7 Å². The molecular formula is C11H19NO2. The molecule has 1 fully saturated rings. The first kappa shape index (κ1) is 10.1. The number of nitrogens with one attached hydrogen (secondary N) is 1. The van der Waals surface area contributed by atoms with Crippen LogP contribution in [0.4, 0.5) is 0 Å². The van der Waals surface area contributed by atoms with E-state index in [4.69, 9.17) is 4.74 Å². The summed E-state index contributed by atoms with van der Waals surface area (Å²) in [5, 5.41) is 13.9. The molecule has 2 rings (SSSR count). The van der Waals surface area contributed by atoms with Crippen LogP contribution in [0.25, 0.3) is 0 Å². The quantitative estimate of drug-likeness (QED) is 0.644. The van der Waals surface area contributed by atoms with Gasteiger partial charge in [-0.25, -0.2) is 0 Å². The smallest absolute Gasteiger partial charge is 0.109 e. The fourth-order valence-electron chi connectivity index (χ4n) is 2.64. The van der Waals surface area contributed by atoms with Crippen LogP contribution in [0, 0.1) is 0 Å². The van der Waals surface area contributed by atoms with Crippen molar-refractivity contribution in [1.82, 2.24) is 5.32 Å². The molecule has 3 nitrogen and oxygen atoms in total. The van der Waals surface area contributed by atoms with Gasteiger partial charge in [0.05, 0.1) is 12.1 Å². The number of hydrogen-bond donors (Lipinski definition) is 2. The summed E-state index contributed by atoms with van der Waals surface area (Å²) in [4.78, 5) is 0. The fourth-order valence-corrected chi connectivity index (χ4v) is 2.64. The molecule has 1 aliphatic carbocycles. The molecule has 3 heteroatoms. The first-order valence-corrected chi connectivity index (χ1v) is 5.42. The SMILES string of the molecule is COC1CCCCC1(O)C1C=CCN1. The number of aliphatic hydroxyl groups is 1. The molecule has 0 amide bonds. The third-order valence-electron chi connectivity index (χ3n) is 3.46. The Morgan fingerprint density at radius 2 is 2.36 bits per heavy atom. The molecule has 1 saturated carbocycles. The zero-order chi connectivity index (χ0) is 10.0. The van der Waals surface area contributed by atoms with Crippen molar-refractivity contribution >= 4 is 0 Å². The summed E-state index contributed by atoms with van der Waals surface area (Å²) in [7, 11) is 1.69. The third kappa shape index (κ3) is 1.60. The van der Waals surface area contributed by atoms with E-state index >= 15 is 0 Å². The Bertz CT molecular complexity index is 229. The van der Waals surface area contributed by atoms with E-state index in [9.17, 15) is 5.11 Å². The second-order valence-corrected chi connectivity index (χ2v) is 4.28. The summed E-state index contributed by atoms with van der Waals surface area (Å²) in [6.07, 6.45) is 8.20. The Morgan fingerprint density at radius 1 is 1.50 bits per heavy atom. The zero-order valence-corrected chi connectivity index (χ0v) is 8.70. The van der Waals surface area contributed by atoms with Gasteiger partial charge in [0.2, 0.25) is 0 Å². The fraction of sp³-hybridized carbons (Fsp3) is 0.818. The van der Waals surface area contributed by atoms with Crippen molar-refractivity contribution < 1.29 is 9.84 Å². The highest BCUT2D eigenvalue weighted by molar-refractivity contribution is 5.14. The van der Waals surface area contributed by atoms with E-state index in [0.717, 1.165) is 32.2 Å². The van der Waals surface area contributed by atoms with Gasteiger partial charge in [0.15, 0.2) is 0 Å². The topological polar surface area (TPSA) is 41.5 Å². The zero-order valence-electron chi connectivity index (χ0n) is 8.70. The van der Waals surface area contributed by atoms with Crippen molar-refractivity contribution in [3.05, 3.63) is 12.2 Å². The van der Waals surface area contributed by atoms with E-state index < -0.39 is 5.60 Å². The Balaban J connectivity index is 2.12. The van der Waals surface area contributed by atoms with Crippen LogP contribution in [0.2, 0.25) is 0 Å². The minimum Gasteiger partial charge on any atom is -0.385 e. The average Bonchev–Trinajstić information content (AvgIpc) is 2.72. The van der Waals surface area contributed by atoms with Gasteiger partial charge in [-0.05, 0) is 12.8 Å². The molecule has 0 aromatic carbocycles. The molecule has 0 saturated heterocycles. The normalized spacial score (nSPS) is 43.0. The molecule has 0 bridgehead atoms. The Labute approximate surface area is 85.1 Å². The van der Waals surface area contributed by atoms with Crippen molar-refractivity contribution in [1.29, 1.82) is 0 Å². The van der Waals surface area contributed by atoms with E-state index in [-0.39, 0.29) is 12.1 Å². The lowest BCUT2D eigenvalue weighted by molar-refractivity contribution is -0.126. The van der Waals surface area contributed by atoms with Gasteiger partial charge in [0.25, 0.3) is 0 Å². The van der Waals surface area contributed by atoms with Crippen LogP contribution in [0.3, 0.4) is 0 Å². The maximum absolute atomic E-state index is 10.6. The highest BCUT2D eigenvalue weighted by Gasteiger charge is 2.45. The van der Waals surface area contributed by atoms with E-state index in [2.05, 4.69) is 17.5 Å². The van der Waals surface area contributed by atoms with Crippen LogP contribution in [0.15, 0.2) is 12.2 Å². The molecule has 1 aliphatic heterocycles. The summed E-state index contributed by atoms with van der Waals surface area (Å²) in [5.74, 6) is 0. The van der Waals surface area contributed by atoms with E-state index in [1.165, 1.54) is 0 Å². The molecule has 2 aliphatic rings. The van der Waals surface area contributed by atoms with Crippen molar-refractivity contribution in [3.63, 3.8) is 0 Å². The summed E-state index contributed by atoms with van der Waals surface area (Å²) >= 11 is 0. The van der Waals surface area contributed by atoms with Crippen LogP contribution < -0.4 is 5.32 Å². The van der Waals surface area contributed by atoms with Crippen molar-refractivity contribution in [2.75, 3.05) is 13.7 Å². The predicted octanol–water partition coefficient (Wildman–Crippen LogP) is 0.835. The molecule has 3 unspecified atom stereocenters. The first-order chi connectivity index (χ1) is 6.77. The van der Waals surface area contributed by atoms with Crippen LogP contribution in [-0.4, -0.2) is 36.5 Å². The Morgan fingerprint density at radius 3 is 3.00 bits per heavy atom. The number of rotatable bonds is 2. The highest BCUT2D eigenvalue weighted by atomic mass is 16.5. The van der Waals surface area contributed by atoms with Gasteiger partial charge >= 0.3 is 0 Å². The lowest BCUT2D eigenvalue weighted by Crippen LogP contribution is -2.57. The standard InChI is InChI=1S/C11H19NO2/c1-14-10-6-2-3-7-11(10,13)9-5-4-8-12-9/h4-5,9-10,12-13H,2-3,6-8H2,1H3. The summed E-state index contributed by atoms with van der Waals surface area (Å²) in [6.45, 7) is 0.864. The average molecular weight is 197 g/mol. The van der Waals surface area contributed by atoms with E-state index in [1.54, 1.807) is 7.11 Å². The molecule has 3 atom stereocenters. The summed E-state index contributed by atoms with van der Waals surface area (Å²) in [6, 6.07) is 0.0766. The van der Waals surface area contributed by atoms with Crippen molar-refractivity contribution in [3.8, 4) is 0 Å². The molecule has 1 heterocycles. The van der Waals surface area contributed by atoms with Gasteiger partial charge in [-0.2, -0.15) is 0 Å². The minimum absolute atomic E-state index is 0.0171. The summed E-state index contributed by atoms with van der Waals surface area (Å²) in [5.41, 5.74) is -0.694. The molecule has 0 spiro atoms. The molecule has 80 valence electrons. The molecule has 0 radical (unpaired) electrons.